The summed E-state index contributed by atoms with van der Waals surface area (Å²) in [6, 6.07) is 10.1. The number of amides is 1. The van der Waals surface area contributed by atoms with Crippen molar-refractivity contribution in [2.45, 2.75) is 19.0 Å². The summed E-state index contributed by atoms with van der Waals surface area (Å²) in [6.07, 6.45) is 7.05. The molecule has 1 aliphatic heterocycles. The first-order valence-electron chi connectivity index (χ1n) is 9.79. The first-order valence-corrected chi connectivity index (χ1v) is 10.2. The Kier molecular flexibility index (Phi) is 5.69. The van der Waals surface area contributed by atoms with Crippen molar-refractivity contribution in [1.82, 2.24) is 29.1 Å². The lowest BCUT2D eigenvalue weighted by atomic mass is 10.0. The number of aryl methyl sites for hydroxylation is 1. The van der Waals surface area contributed by atoms with Crippen molar-refractivity contribution in [1.29, 1.82) is 0 Å². The number of hydrogen-bond acceptors (Lipinski definition) is 4. The predicted molar refractivity (Wildman–Crippen MR) is 112 cm³/mol. The van der Waals surface area contributed by atoms with Gasteiger partial charge in [-0.3, -0.25) is 14.4 Å². The number of nitrogens with zero attached hydrogens (tertiary/aromatic N) is 6. The minimum absolute atomic E-state index is 0.0656. The maximum absolute atomic E-state index is 12.9. The molecule has 0 N–H and O–H groups in total. The van der Waals surface area contributed by atoms with Gasteiger partial charge in [0.2, 0.25) is 5.91 Å². The first kappa shape index (κ1) is 19.7. The van der Waals surface area contributed by atoms with E-state index in [1.807, 2.05) is 37.3 Å². The van der Waals surface area contributed by atoms with Gasteiger partial charge in [0.15, 0.2) is 0 Å². The van der Waals surface area contributed by atoms with Gasteiger partial charge in [-0.15, -0.1) is 0 Å². The number of piperazine rings is 1. The summed E-state index contributed by atoms with van der Waals surface area (Å²) in [7, 11) is 2.02. The minimum atomic E-state index is -0.367. The van der Waals surface area contributed by atoms with Gasteiger partial charge in [-0.05, 0) is 12.5 Å². The summed E-state index contributed by atoms with van der Waals surface area (Å²) in [5, 5.41) is 4.71. The highest BCUT2D eigenvalue weighted by Crippen LogP contribution is 2.28. The number of hydrogen-bond donors (Lipinski definition) is 0. The lowest BCUT2D eigenvalue weighted by Gasteiger charge is -2.39. The number of halogens is 1. The molecular formula is C21H25ClN6O. The van der Waals surface area contributed by atoms with E-state index in [4.69, 9.17) is 11.6 Å². The summed E-state index contributed by atoms with van der Waals surface area (Å²) >= 11 is 5.95. The van der Waals surface area contributed by atoms with Crippen molar-refractivity contribution < 1.29 is 4.79 Å². The molecule has 0 spiro atoms. The third kappa shape index (κ3) is 4.06. The molecule has 7 nitrogen and oxygen atoms in total. The number of rotatable bonds is 5. The van der Waals surface area contributed by atoms with Crippen LogP contribution in [0.5, 0.6) is 0 Å². The molecule has 8 heteroatoms. The molecule has 1 aromatic carbocycles. The molecule has 1 aliphatic rings. The molecule has 1 saturated heterocycles. The van der Waals surface area contributed by atoms with Crippen LogP contribution in [-0.4, -0.2) is 61.2 Å². The Bertz CT molecular complexity index is 960. The molecule has 1 amide bonds. The van der Waals surface area contributed by atoms with Gasteiger partial charge in [0.25, 0.3) is 0 Å². The van der Waals surface area contributed by atoms with Gasteiger partial charge in [0.1, 0.15) is 11.9 Å². The predicted octanol–water partition coefficient (Wildman–Crippen LogP) is 2.76. The molecule has 2 unspecified atom stereocenters. The number of carbonyl (C=O) groups is 1. The highest BCUT2D eigenvalue weighted by Gasteiger charge is 2.32. The van der Waals surface area contributed by atoms with Gasteiger partial charge < -0.3 is 9.47 Å². The van der Waals surface area contributed by atoms with Crippen LogP contribution in [0.3, 0.4) is 0 Å². The van der Waals surface area contributed by atoms with Gasteiger partial charge >= 0.3 is 0 Å². The lowest BCUT2D eigenvalue weighted by Crippen LogP contribution is -2.51. The Morgan fingerprint density at radius 2 is 1.86 bits per heavy atom. The lowest BCUT2D eigenvalue weighted by molar-refractivity contribution is -0.136. The topological polar surface area (TPSA) is 59.2 Å². The van der Waals surface area contributed by atoms with Crippen molar-refractivity contribution >= 4 is 17.5 Å². The average molecular weight is 413 g/mol. The molecule has 1 fully saturated rings. The van der Waals surface area contributed by atoms with Crippen LogP contribution in [-0.2, 0) is 11.8 Å². The van der Waals surface area contributed by atoms with Crippen molar-refractivity contribution in [3.05, 3.63) is 71.5 Å². The molecule has 3 heterocycles. The van der Waals surface area contributed by atoms with Crippen LogP contribution in [0, 0.1) is 0 Å². The van der Waals surface area contributed by atoms with Crippen LogP contribution in [0.15, 0.2) is 55.1 Å². The quantitative estimate of drug-likeness (QED) is 0.646. The number of imidazole rings is 1. The maximum Gasteiger partial charge on any atom is 0.247 e. The highest BCUT2D eigenvalue weighted by molar-refractivity contribution is 6.30. The second-order valence-corrected chi connectivity index (χ2v) is 7.82. The van der Waals surface area contributed by atoms with E-state index in [2.05, 4.69) is 43.8 Å². The van der Waals surface area contributed by atoms with Crippen LogP contribution in [0.4, 0.5) is 0 Å². The van der Waals surface area contributed by atoms with E-state index in [1.165, 1.54) is 5.56 Å². The molecule has 3 aromatic rings. The molecular weight excluding hydrogens is 388 g/mol. The molecule has 4 rings (SSSR count). The highest BCUT2D eigenvalue weighted by atomic mass is 35.5. The fraction of sp³-hybridized carbons (Fsp3) is 0.381. The minimum Gasteiger partial charge on any atom is -0.338 e. The smallest absolute Gasteiger partial charge is 0.247 e. The summed E-state index contributed by atoms with van der Waals surface area (Å²) in [4.78, 5) is 21.8. The standard InChI is InChI=1S/C21H25ClN6O/c1-16(28-15-18(22)14-24-28)21(29)27-12-10-26(11-13-27)19(17-6-4-3-5-7-17)20-23-8-9-25(20)2/h3-9,14-16,19H,10-13H2,1-2H3. The Morgan fingerprint density at radius 1 is 1.14 bits per heavy atom. The van der Waals surface area contributed by atoms with E-state index in [-0.39, 0.29) is 18.0 Å². The van der Waals surface area contributed by atoms with Crippen molar-refractivity contribution in [3.8, 4) is 0 Å². The second-order valence-electron chi connectivity index (χ2n) is 7.39. The average Bonchev–Trinajstić information content (AvgIpc) is 3.37. The third-order valence-corrected chi connectivity index (χ3v) is 5.73. The van der Waals surface area contributed by atoms with Crippen molar-refractivity contribution in [2.75, 3.05) is 26.2 Å². The molecule has 0 radical (unpaired) electrons. The van der Waals surface area contributed by atoms with Crippen molar-refractivity contribution in [2.24, 2.45) is 7.05 Å². The van der Waals surface area contributed by atoms with Crippen LogP contribution in [0.2, 0.25) is 5.02 Å². The Balaban J connectivity index is 1.48. The van der Waals surface area contributed by atoms with Crippen LogP contribution in [0.1, 0.15) is 30.4 Å². The molecule has 0 aliphatic carbocycles. The fourth-order valence-corrected chi connectivity index (χ4v) is 4.05. The van der Waals surface area contributed by atoms with Gasteiger partial charge in [-0.25, -0.2) is 4.98 Å². The monoisotopic (exact) mass is 412 g/mol. The summed E-state index contributed by atoms with van der Waals surface area (Å²) in [5.74, 6) is 1.08. The van der Waals surface area contributed by atoms with Gasteiger partial charge in [0.05, 0.1) is 17.3 Å². The summed E-state index contributed by atoms with van der Waals surface area (Å²) < 4.78 is 3.69. The van der Waals surface area contributed by atoms with Crippen molar-refractivity contribution in [3.63, 3.8) is 0 Å². The molecule has 29 heavy (non-hydrogen) atoms. The first-order chi connectivity index (χ1) is 14.0. The zero-order valence-corrected chi connectivity index (χ0v) is 17.4. The zero-order valence-electron chi connectivity index (χ0n) is 16.6. The number of aromatic nitrogens is 4. The zero-order chi connectivity index (χ0) is 20.4. The largest absolute Gasteiger partial charge is 0.338 e. The number of carbonyl (C=O) groups excluding carboxylic acids is 1. The van der Waals surface area contributed by atoms with Gasteiger partial charge in [-0.2, -0.15) is 5.10 Å². The van der Waals surface area contributed by atoms with Crippen LogP contribution in [0.25, 0.3) is 0 Å². The summed E-state index contributed by atoms with van der Waals surface area (Å²) in [5.41, 5.74) is 1.21. The Morgan fingerprint density at radius 3 is 2.45 bits per heavy atom. The van der Waals surface area contributed by atoms with E-state index >= 15 is 0 Å². The van der Waals surface area contributed by atoms with Gasteiger partial charge in [-0.1, -0.05) is 41.9 Å². The Hall–Kier alpha value is -2.64. The van der Waals surface area contributed by atoms with Gasteiger partial charge in [0, 0.05) is 51.8 Å². The number of benzene rings is 1. The second kappa shape index (κ2) is 8.39. The molecule has 152 valence electrons. The Labute approximate surface area is 175 Å². The normalized spacial score (nSPS) is 17.3. The van der Waals surface area contributed by atoms with E-state index in [0.29, 0.717) is 18.1 Å². The van der Waals surface area contributed by atoms with E-state index in [1.54, 1.807) is 17.1 Å². The fourth-order valence-electron chi connectivity index (χ4n) is 3.90. The molecule has 2 aromatic heterocycles. The molecule has 0 saturated carbocycles. The van der Waals surface area contributed by atoms with Crippen LogP contribution < -0.4 is 0 Å². The van der Waals surface area contributed by atoms with E-state index in [9.17, 15) is 4.79 Å². The molecule has 0 bridgehead atoms. The van der Waals surface area contributed by atoms with E-state index in [0.717, 1.165) is 18.9 Å². The van der Waals surface area contributed by atoms with Crippen LogP contribution >= 0.6 is 11.6 Å². The maximum atomic E-state index is 12.9. The summed E-state index contributed by atoms with van der Waals surface area (Å²) in [6.45, 7) is 4.77. The molecule has 2 atom stereocenters. The van der Waals surface area contributed by atoms with E-state index < -0.39 is 0 Å². The third-order valence-electron chi connectivity index (χ3n) is 5.53. The SMILES string of the molecule is CC(C(=O)N1CCN(C(c2ccccc2)c2nccn2C)CC1)n1cc(Cl)cn1.